The highest BCUT2D eigenvalue weighted by atomic mass is 32.2. The van der Waals surface area contributed by atoms with Crippen LogP contribution >= 0.6 is 23.5 Å². The lowest BCUT2D eigenvalue weighted by Crippen LogP contribution is -2.46. The van der Waals surface area contributed by atoms with Crippen molar-refractivity contribution in [2.45, 2.75) is 54.4 Å². The Morgan fingerprint density at radius 2 is 1.96 bits per heavy atom. The van der Waals surface area contributed by atoms with Crippen molar-refractivity contribution in [3.8, 4) is 12.1 Å². The molecule has 1 aromatic heterocycles. The second kappa shape index (κ2) is 7.20. The van der Waals surface area contributed by atoms with Crippen LogP contribution in [0.5, 0.6) is 0 Å². The maximum atomic E-state index is 9.50. The summed E-state index contributed by atoms with van der Waals surface area (Å²) in [6.45, 7) is 8.03. The minimum Gasteiger partial charge on any atom is -0.350 e. The van der Waals surface area contributed by atoms with Gasteiger partial charge in [-0.2, -0.15) is 10.5 Å². The molecule has 1 atom stereocenters. The third kappa shape index (κ3) is 3.71. The van der Waals surface area contributed by atoms with Crippen LogP contribution in [0.15, 0.2) is 52.4 Å². The van der Waals surface area contributed by atoms with Crippen molar-refractivity contribution in [2.75, 3.05) is 0 Å². The second-order valence-electron chi connectivity index (χ2n) is 7.39. The first kappa shape index (κ1) is 19.8. The summed E-state index contributed by atoms with van der Waals surface area (Å²) in [4.78, 5) is 4.84. The molecule has 2 heterocycles. The van der Waals surface area contributed by atoms with Crippen LogP contribution in [0.2, 0.25) is 0 Å². The monoisotopic (exact) mass is 395 g/mol. The topological polar surface area (TPSA) is 69.7 Å². The van der Waals surface area contributed by atoms with Crippen LogP contribution < -0.4 is 0 Å². The highest BCUT2D eigenvalue weighted by molar-refractivity contribution is 8.07. The molecule has 1 aromatic carbocycles. The van der Waals surface area contributed by atoms with Crippen LogP contribution in [0.25, 0.3) is 10.9 Å². The Labute approximate surface area is 168 Å². The number of fused-ring (bicyclic) bond motifs is 1. The standard InChI is InChI=1S/C21H21N3OS2/c1-19(2)17(11-13-22)26-21(25-19,12-14-23)20(3,4)27-18-10-9-15-7-5-6-8-16(15)24-18/h5-11H,12H2,1-4H3/b17-11-. The van der Waals surface area contributed by atoms with E-state index in [0.717, 1.165) is 20.8 Å². The zero-order valence-corrected chi connectivity index (χ0v) is 17.4. The van der Waals surface area contributed by atoms with Crippen molar-refractivity contribution < 1.29 is 4.74 Å². The van der Waals surface area contributed by atoms with Gasteiger partial charge in [0.1, 0.15) is 4.93 Å². The number of nitrogens with zero attached hydrogens (tertiary/aromatic N) is 3. The van der Waals surface area contributed by atoms with Crippen LogP contribution in [0.3, 0.4) is 0 Å². The number of para-hydroxylation sites is 1. The van der Waals surface area contributed by atoms with Crippen LogP contribution in [-0.2, 0) is 4.74 Å². The van der Waals surface area contributed by atoms with Crippen molar-refractivity contribution in [2.24, 2.45) is 0 Å². The predicted octanol–water partition coefficient (Wildman–Crippen LogP) is 5.66. The van der Waals surface area contributed by atoms with E-state index in [0.29, 0.717) is 0 Å². The quantitative estimate of drug-likeness (QED) is 0.491. The highest BCUT2D eigenvalue weighted by Gasteiger charge is 2.57. The molecular formula is C21H21N3OS2. The summed E-state index contributed by atoms with van der Waals surface area (Å²) in [5, 5.41) is 20.6. The molecule has 0 radical (unpaired) electrons. The summed E-state index contributed by atoms with van der Waals surface area (Å²) in [7, 11) is 0. The predicted molar refractivity (Wildman–Crippen MR) is 111 cm³/mol. The van der Waals surface area contributed by atoms with Crippen molar-refractivity contribution in [1.29, 1.82) is 10.5 Å². The summed E-state index contributed by atoms with van der Waals surface area (Å²) >= 11 is 3.09. The molecule has 3 rings (SSSR count). The molecule has 6 heteroatoms. The number of hydrogen-bond acceptors (Lipinski definition) is 6. The average molecular weight is 396 g/mol. The molecule has 1 fully saturated rings. The van der Waals surface area contributed by atoms with Gasteiger partial charge in [-0.25, -0.2) is 4.98 Å². The molecule has 0 amide bonds. The van der Waals surface area contributed by atoms with Crippen molar-refractivity contribution in [3.05, 3.63) is 47.4 Å². The molecule has 1 unspecified atom stereocenters. The van der Waals surface area contributed by atoms with Crippen LogP contribution in [0.4, 0.5) is 0 Å². The van der Waals surface area contributed by atoms with Gasteiger partial charge in [0.2, 0.25) is 0 Å². The molecule has 0 spiro atoms. The SMILES string of the molecule is CC1(C)OC(CC#N)(C(C)(C)Sc2ccc3ccccc3n2)S/C1=C\C#N. The molecule has 2 aromatic rings. The molecule has 0 aliphatic carbocycles. The summed E-state index contributed by atoms with van der Waals surface area (Å²) in [5.74, 6) is 0. The van der Waals surface area contributed by atoms with Gasteiger partial charge in [0.25, 0.3) is 0 Å². The van der Waals surface area contributed by atoms with E-state index in [1.54, 1.807) is 11.8 Å². The molecule has 4 nitrogen and oxygen atoms in total. The number of pyridine rings is 1. The number of thioether (sulfide) groups is 2. The molecule has 27 heavy (non-hydrogen) atoms. The number of hydrogen-bond donors (Lipinski definition) is 0. The number of nitriles is 2. The Kier molecular flexibility index (Phi) is 5.27. The number of benzene rings is 1. The second-order valence-corrected chi connectivity index (χ2v) is 10.3. The van der Waals surface area contributed by atoms with Gasteiger partial charge in [-0.05, 0) is 39.8 Å². The Bertz CT molecular complexity index is 985. The summed E-state index contributed by atoms with van der Waals surface area (Å²) in [6, 6.07) is 16.5. The number of allylic oxidation sites excluding steroid dienone is 1. The normalized spacial score (nSPS) is 23.3. The van der Waals surface area contributed by atoms with Gasteiger partial charge in [0.05, 0.1) is 39.4 Å². The lowest BCUT2D eigenvalue weighted by molar-refractivity contribution is -0.0624. The maximum Gasteiger partial charge on any atom is 0.146 e. The van der Waals surface area contributed by atoms with Crippen LogP contribution in [0.1, 0.15) is 34.1 Å². The van der Waals surface area contributed by atoms with Gasteiger partial charge >= 0.3 is 0 Å². The van der Waals surface area contributed by atoms with Gasteiger partial charge in [-0.1, -0.05) is 47.8 Å². The molecular weight excluding hydrogens is 374 g/mol. The Morgan fingerprint density at radius 1 is 1.22 bits per heavy atom. The van der Waals surface area contributed by atoms with E-state index in [9.17, 15) is 5.26 Å². The first-order valence-electron chi connectivity index (χ1n) is 8.64. The molecule has 0 saturated carbocycles. The van der Waals surface area contributed by atoms with Gasteiger partial charge in [0, 0.05) is 16.4 Å². The summed E-state index contributed by atoms with van der Waals surface area (Å²) in [6.07, 6.45) is 1.75. The van der Waals surface area contributed by atoms with E-state index < -0.39 is 15.3 Å². The molecule has 138 valence electrons. The first-order valence-corrected chi connectivity index (χ1v) is 10.3. The van der Waals surface area contributed by atoms with E-state index in [4.69, 9.17) is 15.0 Å². The van der Waals surface area contributed by atoms with Gasteiger partial charge in [-0.15, -0.1) is 0 Å². The Hall–Kier alpha value is -1.99. The van der Waals surface area contributed by atoms with Crippen LogP contribution in [0, 0.1) is 22.7 Å². The number of rotatable bonds is 4. The zero-order valence-electron chi connectivity index (χ0n) is 15.8. The smallest absolute Gasteiger partial charge is 0.146 e. The van der Waals surface area contributed by atoms with Crippen molar-refractivity contribution >= 4 is 34.4 Å². The fourth-order valence-corrected chi connectivity index (χ4v) is 5.83. The Morgan fingerprint density at radius 3 is 2.67 bits per heavy atom. The fourth-order valence-electron chi connectivity index (χ4n) is 3.12. The fraction of sp³-hybridized carbons (Fsp3) is 0.381. The van der Waals surface area contributed by atoms with Gasteiger partial charge < -0.3 is 4.74 Å². The summed E-state index contributed by atoms with van der Waals surface area (Å²) in [5.41, 5.74) is 0.337. The lowest BCUT2D eigenvalue weighted by atomic mass is 10.0. The van der Waals surface area contributed by atoms with E-state index in [2.05, 4.69) is 32.1 Å². The molecule has 1 aliphatic heterocycles. The third-order valence-electron chi connectivity index (χ3n) is 4.65. The van der Waals surface area contributed by atoms with Gasteiger partial charge in [0.15, 0.2) is 0 Å². The third-order valence-corrected chi connectivity index (χ3v) is 7.95. The molecule has 1 aliphatic rings. The van der Waals surface area contributed by atoms with E-state index in [-0.39, 0.29) is 6.42 Å². The van der Waals surface area contributed by atoms with E-state index in [1.807, 2.05) is 44.2 Å². The number of ether oxygens (including phenoxy) is 1. The average Bonchev–Trinajstić information content (AvgIpc) is 2.87. The molecule has 0 bridgehead atoms. The van der Waals surface area contributed by atoms with Crippen LogP contribution in [-0.4, -0.2) is 20.3 Å². The van der Waals surface area contributed by atoms with Crippen molar-refractivity contribution in [1.82, 2.24) is 4.98 Å². The Balaban J connectivity index is 1.98. The lowest BCUT2D eigenvalue weighted by Gasteiger charge is -2.41. The largest absolute Gasteiger partial charge is 0.350 e. The van der Waals surface area contributed by atoms with E-state index in [1.165, 1.54) is 17.8 Å². The molecule has 0 N–H and O–H groups in total. The van der Waals surface area contributed by atoms with Crippen molar-refractivity contribution in [3.63, 3.8) is 0 Å². The highest BCUT2D eigenvalue weighted by Crippen LogP contribution is 2.60. The minimum atomic E-state index is -0.772. The first-order chi connectivity index (χ1) is 12.7. The maximum absolute atomic E-state index is 9.50. The van der Waals surface area contributed by atoms with Gasteiger partial charge in [-0.3, -0.25) is 0 Å². The minimum absolute atomic E-state index is 0.220. The summed E-state index contributed by atoms with van der Waals surface area (Å²) < 4.78 is 5.99. The molecule has 1 saturated heterocycles. The zero-order chi connectivity index (χ0) is 19.7. The van der Waals surface area contributed by atoms with E-state index >= 15 is 0 Å². The number of aromatic nitrogens is 1.